The zero-order valence-electron chi connectivity index (χ0n) is 15.6. The number of methoxy groups -OCH3 is 1. The Bertz CT molecular complexity index is 955. The Balaban J connectivity index is 1.56. The van der Waals surface area contributed by atoms with Gasteiger partial charge >= 0.3 is 5.97 Å². The first-order chi connectivity index (χ1) is 13.5. The zero-order chi connectivity index (χ0) is 20.1. The lowest BCUT2D eigenvalue weighted by Crippen LogP contribution is -2.17. The minimum Gasteiger partial charge on any atom is -0.497 e. The standard InChI is InChI=1S/C20H19ClN2O5/c1-12-10-16(8-9-17(12)21)26-11-18(24)27-13(2)19-22-23-20(28-19)14-4-6-15(25-3)7-5-14/h4-10,13H,11H2,1-3H3/t13-/m0/s1. The Morgan fingerprint density at radius 3 is 2.54 bits per heavy atom. The molecule has 2 aromatic carbocycles. The molecular formula is C20H19ClN2O5. The number of nitrogens with zero attached hydrogens (tertiary/aromatic N) is 2. The third-order valence-electron chi connectivity index (χ3n) is 3.92. The number of ether oxygens (including phenoxy) is 3. The molecule has 0 N–H and O–H groups in total. The maximum atomic E-state index is 12.0. The molecule has 3 aromatic rings. The quantitative estimate of drug-likeness (QED) is 0.542. The Labute approximate surface area is 167 Å². The van der Waals surface area contributed by atoms with Gasteiger partial charge in [-0.2, -0.15) is 0 Å². The number of aromatic nitrogens is 2. The fraction of sp³-hybridized carbons (Fsp3) is 0.250. The molecule has 1 heterocycles. The van der Waals surface area contributed by atoms with Crippen LogP contribution in [0, 0.1) is 6.92 Å². The van der Waals surface area contributed by atoms with Gasteiger partial charge in [0.1, 0.15) is 11.5 Å². The van der Waals surface area contributed by atoms with Gasteiger partial charge in [-0.3, -0.25) is 0 Å². The molecule has 1 atom stereocenters. The summed E-state index contributed by atoms with van der Waals surface area (Å²) in [7, 11) is 1.59. The highest BCUT2D eigenvalue weighted by Crippen LogP contribution is 2.25. The number of benzene rings is 2. The molecule has 0 aliphatic carbocycles. The van der Waals surface area contributed by atoms with Crippen molar-refractivity contribution in [2.24, 2.45) is 0 Å². The van der Waals surface area contributed by atoms with Crippen LogP contribution in [0.1, 0.15) is 24.5 Å². The predicted octanol–water partition coefficient (Wildman–Crippen LogP) is 4.39. The van der Waals surface area contributed by atoms with Crippen molar-refractivity contribution in [1.29, 1.82) is 0 Å². The van der Waals surface area contributed by atoms with Crippen molar-refractivity contribution in [3.63, 3.8) is 0 Å². The molecule has 0 aliphatic heterocycles. The predicted molar refractivity (Wildman–Crippen MR) is 102 cm³/mol. The van der Waals surface area contributed by atoms with Crippen LogP contribution in [0.5, 0.6) is 11.5 Å². The number of hydrogen-bond acceptors (Lipinski definition) is 7. The normalized spacial score (nSPS) is 11.7. The summed E-state index contributed by atoms with van der Waals surface area (Å²) in [6, 6.07) is 12.3. The van der Waals surface area contributed by atoms with Crippen molar-refractivity contribution < 1.29 is 23.4 Å². The Hall–Kier alpha value is -3.06. The third-order valence-corrected chi connectivity index (χ3v) is 4.34. The van der Waals surface area contributed by atoms with Crippen LogP contribution >= 0.6 is 11.6 Å². The smallest absolute Gasteiger partial charge is 0.344 e. The molecule has 28 heavy (non-hydrogen) atoms. The minimum atomic E-state index is -0.706. The molecule has 7 nitrogen and oxygen atoms in total. The Kier molecular flexibility index (Phi) is 6.16. The zero-order valence-corrected chi connectivity index (χ0v) is 16.4. The second kappa shape index (κ2) is 8.75. The molecule has 0 radical (unpaired) electrons. The van der Waals surface area contributed by atoms with E-state index in [0.717, 1.165) is 16.9 Å². The van der Waals surface area contributed by atoms with Crippen molar-refractivity contribution in [1.82, 2.24) is 10.2 Å². The second-order valence-electron chi connectivity index (χ2n) is 6.01. The molecule has 0 amide bonds. The van der Waals surface area contributed by atoms with Gasteiger partial charge in [-0.15, -0.1) is 10.2 Å². The SMILES string of the molecule is COc1ccc(-c2nnc([C@H](C)OC(=O)COc3ccc(Cl)c(C)c3)o2)cc1. The van der Waals surface area contributed by atoms with E-state index in [9.17, 15) is 4.79 Å². The highest BCUT2D eigenvalue weighted by Gasteiger charge is 2.19. The van der Waals surface area contributed by atoms with E-state index in [2.05, 4.69) is 10.2 Å². The first-order valence-corrected chi connectivity index (χ1v) is 8.90. The van der Waals surface area contributed by atoms with Gasteiger partial charge in [0, 0.05) is 10.6 Å². The molecule has 0 bridgehead atoms. The fourth-order valence-corrected chi connectivity index (χ4v) is 2.50. The number of aryl methyl sites for hydroxylation is 1. The number of halogens is 1. The summed E-state index contributed by atoms with van der Waals surface area (Å²) in [5.41, 5.74) is 1.59. The van der Waals surface area contributed by atoms with E-state index in [0.29, 0.717) is 16.7 Å². The van der Waals surface area contributed by atoms with Crippen molar-refractivity contribution >= 4 is 17.6 Å². The topological polar surface area (TPSA) is 83.7 Å². The highest BCUT2D eigenvalue weighted by molar-refractivity contribution is 6.31. The van der Waals surface area contributed by atoms with Crippen LogP contribution in [0.15, 0.2) is 46.9 Å². The van der Waals surface area contributed by atoms with Crippen LogP contribution in [0.25, 0.3) is 11.5 Å². The molecule has 0 spiro atoms. The molecule has 0 fully saturated rings. The summed E-state index contributed by atoms with van der Waals surface area (Å²) in [5.74, 6) is 1.23. The van der Waals surface area contributed by atoms with Crippen LogP contribution < -0.4 is 9.47 Å². The number of carbonyl (C=O) groups excluding carboxylic acids is 1. The van der Waals surface area contributed by atoms with Crippen LogP contribution in [0.2, 0.25) is 5.02 Å². The highest BCUT2D eigenvalue weighted by atomic mass is 35.5. The number of rotatable bonds is 7. The van der Waals surface area contributed by atoms with Crippen molar-refractivity contribution in [2.75, 3.05) is 13.7 Å². The van der Waals surface area contributed by atoms with Crippen molar-refractivity contribution in [3.05, 3.63) is 58.9 Å². The lowest BCUT2D eigenvalue weighted by atomic mass is 10.2. The number of esters is 1. The molecule has 3 rings (SSSR count). The monoisotopic (exact) mass is 402 g/mol. The summed E-state index contributed by atoms with van der Waals surface area (Å²) in [6.07, 6.45) is -0.706. The first-order valence-electron chi connectivity index (χ1n) is 8.52. The minimum absolute atomic E-state index is 0.196. The van der Waals surface area contributed by atoms with E-state index >= 15 is 0 Å². The summed E-state index contributed by atoms with van der Waals surface area (Å²) >= 11 is 5.96. The van der Waals surface area contributed by atoms with Gasteiger partial charge in [-0.25, -0.2) is 4.79 Å². The summed E-state index contributed by atoms with van der Waals surface area (Å²) in [4.78, 5) is 12.0. The maximum Gasteiger partial charge on any atom is 0.344 e. The molecule has 0 aliphatic rings. The van der Waals surface area contributed by atoms with Crippen LogP contribution in [0.3, 0.4) is 0 Å². The van der Waals surface area contributed by atoms with Crippen molar-refractivity contribution in [2.45, 2.75) is 20.0 Å². The van der Waals surface area contributed by atoms with Gasteiger partial charge in [0.25, 0.3) is 5.89 Å². The van der Waals surface area contributed by atoms with Gasteiger partial charge in [0.2, 0.25) is 5.89 Å². The van der Waals surface area contributed by atoms with E-state index in [1.807, 2.05) is 6.92 Å². The third kappa shape index (κ3) is 4.80. The van der Waals surface area contributed by atoms with E-state index in [-0.39, 0.29) is 12.5 Å². The molecule has 146 valence electrons. The molecule has 0 unspecified atom stereocenters. The van der Waals surface area contributed by atoms with E-state index in [1.165, 1.54) is 0 Å². The summed E-state index contributed by atoms with van der Waals surface area (Å²) in [6.45, 7) is 3.26. The lowest BCUT2D eigenvalue weighted by molar-refractivity contribution is -0.152. The number of hydrogen-bond donors (Lipinski definition) is 0. The van der Waals surface area contributed by atoms with E-state index < -0.39 is 12.1 Å². The summed E-state index contributed by atoms with van der Waals surface area (Å²) in [5, 5.41) is 8.57. The van der Waals surface area contributed by atoms with Gasteiger partial charge in [0.05, 0.1) is 7.11 Å². The first kappa shape index (κ1) is 19.7. The van der Waals surface area contributed by atoms with Crippen LogP contribution in [-0.4, -0.2) is 29.9 Å². The molecule has 1 aromatic heterocycles. The maximum absolute atomic E-state index is 12.0. The summed E-state index contributed by atoms with van der Waals surface area (Å²) < 4.78 is 21.4. The van der Waals surface area contributed by atoms with Crippen molar-refractivity contribution in [3.8, 4) is 23.0 Å². The van der Waals surface area contributed by atoms with Gasteiger partial charge in [-0.1, -0.05) is 11.6 Å². The molecule has 8 heteroatoms. The van der Waals surface area contributed by atoms with Gasteiger partial charge in [-0.05, 0) is 61.9 Å². The van der Waals surface area contributed by atoms with Crippen LogP contribution in [0.4, 0.5) is 0 Å². The second-order valence-corrected chi connectivity index (χ2v) is 6.41. The van der Waals surface area contributed by atoms with Gasteiger partial charge in [0.15, 0.2) is 12.7 Å². The average Bonchev–Trinajstić information content (AvgIpc) is 3.19. The fourth-order valence-electron chi connectivity index (χ4n) is 2.38. The molecule has 0 saturated carbocycles. The van der Waals surface area contributed by atoms with E-state index in [4.69, 9.17) is 30.2 Å². The Morgan fingerprint density at radius 2 is 1.86 bits per heavy atom. The lowest BCUT2D eigenvalue weighted by Gasteiger charge is -2.11. The van der Waals surface area contributed by atoms with Gasteiger partial charge < -0.3 is 18.6 Å². The van der Waals surface area contributed by atoms with Crippen LogP contribution in [-0.2, 0) is 9.53 Å². The molecular weight excluding hydrogens is 384 g/mol. The average molecular weight is 403 g/mol. The largest absolute Gasteiger partial charge is 0.497 e. The Morgan fingerprint density at radius 1 is 1.14 bits per heavy atom. The molecule has 0 saturated heterocycles. The number of carbonyl (C=O) groups is 1. The van der Waals surface area contributed by atoms with E-state index in [1.54, 1.807) is 56.5 Å².